The van der Waals surface area contributed by atoms with E-state index >= 15 is 0 Å². The summed E-state index contributed by atoms with van der Waals surface area (Å²) in [5.74, 6) is 0.921. The molecule has 0 aliphatic rings. The number of carbonyl (C=O) groups excluding carboxylic acids is 1. The molecule has 0 aromatic heterocycles. The summed E-state index contributed by atoms with van der Waals surface area (Å²) in [6.45, 7) is 0.397. The first kappa shape index (κ1) is 20.9. The highest BCUT2D eigenvalue weighted by molar-refractivity contribution is 7.92. The lowest BCUT2D eigenvalue weighted by atomic mass is 10.1. The van der Waals surface area contributed by atoms with E-state index in [9.17, 15) is 13.2 Å². The lowest BCUT2D eigenvalue weighted by Gasteiger charge is -2.11. The van der Waals surface area contributed by atoms with Gasteiger partial charge in [-0.15, -0.1) is 0 Å². The number of nitrogens with one attached hydrogen (secondary N) is 2. The van der Waals surface area contributed by atoms with Gasteiger partial charge < -0.3 is 14.8 Å². The molecule has 27 heavy (non-hydrogen) atoms. The van der Waals surface area contributed by atoms with Crippen molar-refractivity contribution in [3.05, 3.63) is 52.5 Å². The van der Waals surface area contributed by atoms with E-state index in [2.05, 4.69) is 10.0 Å². The molecule has 0 heterocycles. The molecule has 0 saturated heterocycles. The van der Waals surface area contributed by atoms with Gasteiger partial charge in [0.15, 0.2) is 11.5 Å². The molecule has 0 saturated carbocycles. The average molecular weight is 413 g/mol. The monoisotopic (exact) mass is 412 g/mol. The maximum atomic E-state index is 12.3. The van der Waals surface area contributed by atoms with E-state index in [1.54, 1.807) is 20.3 Å². The zero-order valence-corrected chi connectivity index (χ0v) is 16.8. The van der Waals surface area contributed by atoms with Crippen LogP contribution in [0.2, 0.25) is 5.02 Å². The van der Waals surface area contributed by atoms with Crippen LogP contribution in [0.1, 0.15) is 15.9 Å². The van der Waals surface area contributed by atoms with Crippen LogP contribution in [-0.4, -0.2) is 41.3 Å². The molecule has 7 nitrogen and oxygen atoms in total. The van der Waals surface area contributed by atoms with Gasteiger partial charge in [0.05, 0.1) is 31.1 Å². The average Bonchev–Trinajstić information content (AvgIpc) is 2.60. The molecule has 0 bridgehead atoms. The quantitative estimate of drug-likeness (QED) is 0.695. The molecule has 0 radical (unpaired) electrons. The summed E-state index contributed by atoms with van der Waals surface area (Å²) in [6, 6.07) is 9.90. The third-order valence-corrected chi connectivity index (χ3v) is 4.58. The van der Waals surface area contributed by atoms with E-state index in [4.69, 9.17) is 21.1 Å². The van der Waals surface area contributed by atoms with Gasteiger partial charge in [-0.25, -0.2) is 8.42 Å². The molecule has 0 aliphatic heterocycles. The van der Waals surface area contributed by atoms with E-state index in [1.807, 2.05) is 12.1 Å². The van der Waals surface area contributed by atoms with Crippen LogP contribution in [0.4, 0.5) is 5.69 Å². The number of hydrogen-bond donors (Lipinski definition) is 2. The van der Waals surface area contributed by atoms with Gasteiger partial charge in [-0.1, -0.05) is 17.7 Å². The van der Waals surface area contributed by atoms with Crippen LogP contribution in [0.25, 0.3) is 0 Å². The minimum atomic E-state index is -3.41. The number of methoxy groups -OCH3 is 2. The highest BCUT2D eigenvalue weighted by atomic mass is 35.5. The van der Waals surface area contributed by atoms with Crippen molar-refractivity contribution in [1.82, 2.24) is 5.32 Å². The Morgan fingerprint density at radius 1 is 1.07 bits per heavy atom. The number of amides is 1. The van der Waals surface area contributed by atoms with Crippen LogP contribution in [0, 0.1) is 0 Å². The fraction of sp³-hybridized carbons (Fsp3) is 0.278. The summed E-state index contributed by atoms with van der Waals surface area (Å²) >= 11 is 6.10. The van der Waals surface area contributed by atoms with Gasteiger partial charge in [0.25, 0.3) is 5.91 Å². The van der Waals surface area contributed by atoms with Crippen LogP contribution in [0.5, 0.6) is 11.5 Å². The van der Waals surface area contributed by atoms with Crippen LogP contribution >= 0.6 is 11.6 Å². The first-order valence-corrected chi connectivity index (χ1v) is 10.3. The third kappa shape index (κ3) is 6.04. The van der Waals surface area contributed by atoms with Gasteiger partial charge in [-0.3, -0.25) is 9.52 Å². The predicted octanol–water partition coefficient (Wildman–Crippen LogP) is 2.70. The maximum Gasteiger partial charge on any atom is 0.252 e. The number of carbonyl (C=O) groups is 1. The summed E-state index contributed by atoms with van der Waals surface area (Å²) in [4.78, 5) is 12.3. The SMILES string of the molecule is COc1ccc(CCNC(=O)c2ccc(NS(C)(=O)=O)cc2Cl)cc1OC. The second kappa shape index (κ2) is 8.96. The molecule has 1 amide bonds. The molecule has 0 aliphatic carbocycles. The Morgan fingerprint density at radius 3 is 2.37 bits per heavy atom. The largest absolute Gasteiger partial charge is 0.493 e. The predicted molar refractivity (Wildman–Crippen MR) is 106 cm³/mol. The van der Waals surface area contributed by atoms with Crippen LogP contribution < -0.4 is 19.5 Å². The summed E-state index contributed by atoms with van der Waals surface area (Å²) in [7, 11) is -0.280. The normalized spacial score (nSPS) is 11.0. The minimum absolute atomic E-state index is 0.160. The number of halogens is 1. The first-order chi connectivity index (χ1) is 12.7. The van der Waals surface area contributed by atoms with Gasteiger partial charge in [-0.05, 0) is 42.3 Å². The number of anilines is 1. The van der Waals surface area contributed by atoms with Crippen molar-refractivity contribution in [1.29, 1.82) is 0 Å². The molecule has 2 aromatic carbocycles. The lowest BCUT2D eigenvalue weighted by Crippen LogP contribution is -2.26. The molecule has 146 valence electrons. The van der Waals surface area contributed by atoms with Crippen LogP contribution in [-0.2, 0) is 16.4 Å². The number of ether oxygens (including phenoxy) is 2. The van der Waals surface area contributed by atoms with Crippen molar-refractivity contribution in [3.8, 4) is 11.5 Å². The molecular formula is C18H21ClN2O5S. The van der Waals surface area contributed by atoms with Gasteiger partial charge in [0, 0.05) is 12.2 Å². The zero-order valence-electron chi connectivity index (χ0n) is 15.2. The number of rotatable bonds is 8. The molecule has 9 heteroatoms. The smallest absolute Gasteiger partial charge is 0.252 e. The minimum Gasteiger partial charge on any atom is -0.493 e. The summed E-state index contributed by atoms with van der Waals surface area (Å²) in [6.07, 6.45) is 1.63. The second-order valence-electron chi connectivity index (χ2n) is 5.76. The Hall–Kier alpha value is -2.45. The molecule has 2 N–H and O–H groups in total. The first-order valence-electron chi connectivity index (χ1n) is 8.00. The maximum absolute atomic E-state index is 12.3. The van der Waals surface area contributed by atoms with Crippen molar-refractivity contribution in [3.63, 3.8) is 0 Å². The highest BCUT2D eigenvalue weighted by Crippen LogP contribution is 2.27. The molecule has 0 spiro atoms. The Morgan fingerprint density at radius 2 is 1.78 bits per heavy atom. The van der Waals surface area contributed by atoms with E-state index in [-0.39, 0.29) is 16.5 Å². The van der Waals surface area contributed by atoms with Crippen LogP contribution in [0.3, 0.4) is 0 Å². The second-order valence-corrected chi connectivity index (χ2v) is 7.92. The summed E-state index contributed by atoms with van der Waals surface area (Å²) in [5.41, 5.74) is 1.54. The summed E-state index contributed by atoms with van der Waals surface area (Å²) in [5, 5.41) is 2.95. The molecule has 2 rings (SSSR count). The Bertz CT molecular complexity index is 931. The topological polar surface area (TPSA) is 93.7 Å². The molecule has 0 unspecified atom stereocenters. The molecule has 0 fully saturated rings. The van der Waals surface area contributed by atoms with Crippen molar-refractivity contribution in [2.24, 2.45) is 0 Å². The standard InChI is InChI=1S/C18H21ClN2O5S/c1-25-16-7-4-12(10-17(16)26-2)8-9-20-18(22)14-6-5-13(11-15(14)19)21-27(3,23)24/h4-7,10-11,21H,8-9H2,1-3H3,(H,20,22). The highest BCUT2D eigenvalue weighted by Gasteiger charge is 2.12. The van der Waals surface area contributed by atoms with Gasteiger partial charge in [0.1, 0.15) is 0 Å². The fourth-order valence-corrected chi connectivity index (χ4v) is 3.25. The van der Waals surface area contributed by atoms with Crippen molar-refractivity contribution in [2.75, 3.05) is 31.7 Å². The van der Waals surface area contributed by atoms with E-state index in [0.717, 1.165) is 11.8 Å². The van der Waals surface area contributed by atoms with Crippen molar-refractivity contribution < 1.29 is 22.7 Å². The Kier molecular flexibility index (Phi) is 6.92. The third-order valence-electron chi connectivity index (χ3n) is 3.66. The molecule has 0 atom stereocenters. The van der Waals surface area contributed by atoms with E-state index in [1.165, 1.54) is 18.2 Å². The number of benzene rings is 2. The Labute approximate surface area is 163 Å². The van der Waals surface area contributed by atoms with Crippen molar-refractivity contribution in [2.45, 2.75) is 6.42 Å². The lowest BCUT2D eigenvalue weighted by molar-refractivity contribution is 0.0954. The van der Waals surface area contributed by atoms with E-state index < -0.39 is 10.0 Å². The number of sulfonamides is 1. The van der Waals surface area contributed by atoms with Gasteiger partial charge in [0.2, 0.25) is 10.0 Å². The molecular weight excluding hydrogens is 392 g/mol. The number of hydrogen-bond acceptors (Lipinski definition) is 5. The van der Waals surface area contributed by atoms with Gasteiger partial charge >= 0.3 is 0 Å². The zero-order chi connectivity index (χ0) is 20.0. The summed E-state index contributed by atoms with van der Waals surface area (Å²) < 4.78 is 35.2. The Balaban J connectivity index is 1.98. The van der Waals surface area contributed by atoms with Gasteiger partial charge in [-0.2, -0.15) is 0 Å². The molecule has 2 aromatic rings. The van der Waals surface area contributed by atoms with E-state index in [0.29, 0.717) is 30.2 Å². The van der Waals surface area contributed by atoms with Crippen LogP contribution in [0.15, 0.2) is 36.4 Å². The fourth-order valence-electron chi connectivity index (χ4n) is 2.43. The van der Waals surface area contributed by atoms with Crippen molar-refractivity contribution >= 4 is 33.2 Å².